The van der Waals surface area contributed by atoms with Crippen LogP contribution in [0.4, 0.5) is 5.69 Å². The Labute approximate surface area is 108 Å². The van der Waals surface area contributed by atoms with Crippen LogP contribution in [0.5, 0.6) is 0 Å². The van der Waals surface area contributed by atoms with E-state index < -0.39 is 0 Å². The van der Waals surface area contributed by atoms with Gasteiger partial charge in [-0.15, -0.1) is 11.8 Å². The SMILES string of the molecule is CC(C)Sc1ccc(N(C)CC(N)CO)cc1. The molecule has 0 aliphatic carbocycles. The van der Waals surface area contributed by atoms with Crippen LogP contribution >= 0.6 is 11.8 Å². The number of thioether (sulfide) groups is 1. The molecule has 1 aromatic rings. The van der Waals surface area contributed by atoms with Crippen LogP contribution in [0.3, 0.4) is 0 Å². The lowest BCUT2D eigenvalue weighted by molar-refractivity contribution is 0.267. The van der Waals surface area contributed by atoms with Crippen LogP contribution in [0, 0.1) is 0 Å². The Morgan fingerprint density at radius 2 is 1.88 bits per heavy atom. The van der Waals surface area contributed by atoms with Gasteiger partial charge in [0, 0.05) is 35.5 Å². The van der Waals surface area contributed by atoms with Crippen molar-refractivity contribution >= 4 is 17.4 Å². The fourth-order valence-corrected chi connectivity index (χ4v) is 2.40. The predicted octanol–water partition coefficient (Wildman–Crippen LogP) is 1.94. The third-order valence-corrected chi connectivity index (χ3v) is 3.41. The molecule has 0 aromatic heterocycles. The van der Waals surface area contributed by atoms with Crippen molar-refractivity contribution in [1.29, 1.82) is 0 Å². The van der Waals surface area contributed by atoms with E-state index in [0.717, 1.165) is 5.69 Å². The number of aliphatic hydroxyl groups excluding tert-OH is 1. The van der Waals surface area contributed by atoms with E-state index >= 15 is 0 Å². The smallest absolute Gasteiger partial charge is 0.0599 e. The zero-order valence-corrected chi connectivity index (χ0v) is 11.6. The van der Waals surface area contributed by atoms with Crippen molar-refractivity contribution < 1.29 is 5.11 Å². The Kier molecular flexibility index (Phi) is 5.82. The first-order valence-electron chi connectivity index (χ1n) is 5.87. The molecule has 0 aliphatic heterocycles. The topological polar surface area (TPSA) is 49.5 Å². The summed E-state index contributed by atoms with van der Waals surface area (Å²) >= 11 is 1.85. The molecule has 0 aliphatic rings. The Hall–Kier alpha value is -0.710. The molecule has 96 valence electrons. The Morgan fingerprint density at radius 3 is 2.35 bits per heavy atom. The number of likely N-dealkylation sites (N-methyl/N-ethyl adjacent to an activating group) is 1. The number of aliphatic hydroxyl groups is 1. The molecule has 0 bridgehead atoms. The average molecular weight is 254 g/mol. The van der Waals surface area contributed by atoms with Crippen LogP contribution in [0.25, 0.3) is 0 Å². The van der Waals surface area contributed by atoms with E-state index in [1.165, 1.54) is 4.90 Å². The van der Waals surface area contributed by atoms with Crippen LogP contribution in [0.2, 0.25) is 0 Å². The van der Waals surface area contributed by atoms with Gasteiger partial charge in [-0.05, 0) is 24.3 Å². The van der Waals surface area contributed by atoms with Gasteiger partial charge in [0.1, 0.15) is 0 Å². The van der Waals surface area contributed by atoms with Gasteiger partial charge in [-0.2, -0.15) is 0 Å². The summed E-state index contributed by atoms with van der Waals surface area (Å²) in [4.78, 5) is 3.34. The number of benzene rings is 1. The van der Waals surface area contributed by atoms with Gasteiger partial charge >= 0.3 is 0 Å². The van der Waals surface area contributed by atoms with E-state index in [4.69, 9.17) is 10.8 Å². The third kappa shape index (κ3) is 4.98. The van der Waals surface area contributed by atoms with Crippen molar-refractivity contribution in [2.75, 3.05) is 25.1 Å². The minimum absolute atomic E-state index is 0.0195. The van der Waals surface area contributed by atoms with E-state index in [2.05, 4.69) is 43.0 Å². The van der Waals surface area contributed by atoms with Crippen molar-refractivity contribution in [2.24, 2.45) is 5.73 Å². The van der Waals surface area contributed by atoms with Gasteiger partial charge in [-0.3, -0.25) is 0 Å². The van der Waals surface area contributed by atoms with Crippen molar-refractivity contribution in [3.05, 3.63) is 24.3 Å². The highest BCUT2D eigenvalue weighted by Crippen LogP contribution is 2.25. The lowest BCUT2D eigenvalue weighted by Crippen LogP contribution is -2.37. The van der Waals surface area contributed by atoms with E-state index in [1.807, 2.05) is 18.8 Å². The Morgan fingerprint density at radius 1 is 1.29 bits per heavy atom. The number of nitrogens with two attached hydrogens (primary N) is 1. The molecule has 3 N–H and O–H groups in total. The highest BCUT2D eigenvalue weighted by molar-refractivity contribution is 7.99. The third-order valence-electron chi connectivity index (χ3n) is 2.39. The zero-order chi connectivity index (χ0) is 12.8. The second-order valence-corrected chi connectivity index (χ2v) is 6.13. The second-order valence-electron chi connectivity index (χ2n) is 4.48. The van der Waals surface area contributed by atoms with Crippen LogP contribution in [-0.4, -0.2) is 36.6 Å². The Balaban J connectivity index is 2.60. The van der Waals surface area contributed by atoms with Gasteiger partial charge in [-0.1, -0.05) is 13.8 Å². The van der Waals surface area contributed by atoms with Gasteiger partial charge in [0.25, 0.3) is 0 Å². The van der Waals surface area contributed by atoms with E-state index in [-0.39, 0.29) is 12.6 Å². The van der Waals surface area contributed by atoms with Crippen LogP contribution in [0.1, 0.15) is 13.8 Å². The predicted molar refractivity (Wildman–Crippen MR) is 75.8 cm³/mol. The van der Waals surface area contributed by atoms with Gasteiger partial charge in [-0.25, -0.2) is 0 Å². The van der Waals surface area contributed by atoms with Gasteiger partial charge in [0.15, 0.2) is 0 Å². The first-order valence-corrected chi connectivity index (χ1v) is 6.75. The summed E-state index contributed by atoms with van der Waals surface area (Å²) < 4.78 is 0. The lowest BCUT2D eigenvalue weighted by Gasteiger charge is -2.22. The summed E-state index contributed by atoms with van der Waals surface area (Å²) in [6, 6.07) is 8.25. The highest BCUT2D eigenvalue weighted by atomic mass is 32.2. The van der Waals surface area contributed by atoms with Gasteiger partial charge in [0.05, 0.1) is 6.61 Å². The summed E-state index contributed by atoms with van der Waals surface area (Å²) in [5.74, 6) is 0. The molecule has 1 atom stereocenters. The quantitative estimate of drug-likeness (QED) is 0.762. The molecule has 0 spiro atoms. The first-order chi connectivity index (χ1) is 8.02. The van der Waals surface area contributed by atoms with Crippen molar-refractivity contribution in [3.63, 3.8) is 0 Å². The highest BCUT2D eigenvalue weighted by Gasteiger charge is 2.06. The molecule has 4 heteroatoms. The number of nitrogens with zero attached hydrogens (tertiary/aromatic N) is 1. The van der Waals surface area contributed by atoms with Crippen molar-refractivity contribution in [2.45, 2.75) is 30.0 Å². The van der Waals surface area contributed by atoms with Gasteiger partial charge in [0.2, 0.25) is 0 Å². The summed E-state index contributed by atoms with van der Waals surface area (Å²) in [5, 5.41) is 9.52. The first kappa shape index (κ1) is 14.4. The fraction of sp³-hybridized carbons (Fsp3) is 0.538. The number of hydrogen-bond donors (Lipinski definition) is 2. The normalized spacial score (nSPS) is 12.8. The molecule has 17 heavy (non-hydrogen) atoms. The second kappa shape index (κ2) is 6.89. The molecule has 0 saturated heterocycles. The van der Waals surface area contributed by atoms with E-state index in [1.54, 1.807) is 0 Å². The molecule has 3 nitrogen and oxygen atoms in total. The average Bonchev–Trinajstić information content (AvgIpc) is 2.28. The minimum Gasteiger partial charge on any atom is -0.395 e. The molecular weight excluding hydrogens is 232 g/mol. The molecule has 0 fully saturated rings. The number of rotatable bonds is 6. The summed E-state index contributed by atoms with van der Waals surface area (Å²) in [6.45, 7) is 5.05. The summed E-state index contributed by atoms with van der Waals surface area (Å²) in [7, 11) is 1.99. The number of hydrogen-bond acceptors (Lipinski definition) is 4. The molecule has 0 radical (unpaired) electrons. The zero-order valence-electron chi connectivity index (χ0n) is 10.8. The van der Waals surface area contributed by atoms with Gasteiger partial charge < -0.3 is 15.7 Å². The monoisotopic (exact) mass is 254 g/mol. The van der Waals surface area contributed by atoms with Crippen molar-refractivity contribution in [1.82, 2.24) is 0 Å². The summed E-state index contributed by atoms with van der Waals surface area (Å²) in [5.41, 5.74) is 6.84. The maximum absolute atomic E-state index is 8.92. The Bertz CT molecular complexity index is 327. The summed E-state index contributed by atoms with van der Waals surface area (Å²) in [6.07, 6.45) is 0. The van der Waals surface area contributed by atoms with Crippen molar-refractivity contribution in [3.8, 4) is 0 Å². The molecule has 1 rings (SSSR count). The molecular formula is C13H22N2OS. The van der Waals surface area contributed by atoms with Crippen LogP contribution in [-0.2, 0) is 0 Å². The van der Waals surface area contributed by atoms with Crippen LogP contribution < -0.4 is 10.6 Å². The molecule has 1 aromatic carbocycles. The fourth-order valence-electron chi connectivity index (χ4n) is 1.57. The molecule has 0 amide bonds. The minimum atomic E-state index is -0.190. The molecule has 0 saturated carbocycles. The molecule has 0 heterocycles. The van der Waals surface area contributed by atoms with E-state index in [0.29, 0.717) is 11.8 Å². The standard InChI is InChI=1S/C13H22N2OS/c1-10(2)17-13-6-4-12(5-7-13)15(3)8-11(14)9-16/h4-7,10-11,16H,8-9,14H2,1-3H3. The molecule has 1 unspecified atom stereocenters. The van der Waals surface area contributed by atoms with Crippen LogP contribution in [0.15, 0.2) is 29.2 Å². The largest absolute Gasteiger partial charge is 0.395 e. The maximum Gasteiger partial charge on any atom is 0.0599 e. The number of anilines is 1. The van der Waals surface area contributed by atoms with E-state index in [9.17, 15) is 0 Å². The lowest BCUT2D eigenvalue weighted by atomic mass is 10.2. The maximum atomic E-state index is 8.92.